The number of hydrogen-bond acceptors (Lipinski definition) is 2. The first kappa shape index (κ1) is 16.1. The number of thiophene rings is 1. The number of benzene rings is 1. The summed E-state index contributed by atoms with van der Waals surface area (Å²) in [6.07, 6.45) is 3.70. The molecule has 1 unspecified atom stereocenters. The van der Waals surface area contributed by atoms with Crippen molar-refractivity contribution in [3.8, 4) is 0 Å². The van der Waals surface area contributed by atoms with Crippen molar-refractivity contribution in [3.63, 3.8) is 0 Å². The van der Waals surface area contributed by atoms with Crippen molar-refractivity contribution in [2.24, 2.45) is 5.92 Å². The molecule has 1 fully saturated rings. The van der Waals surface area contributed by atoms with E-state index in [2.05, 4.69) is 16.8 Å². The van der Waals surface area contributed by atoms with E-state index < -0.39 is 0 Å². The van der Waals surface area contributed by atoms with Crippen LogP contribution in [-0.2, 0) is 11.2 Å². The molecule has 2 aromatic rings. The Labute approximate surface area is 151 Å². The molecule has 1 amide bonds. The van der Waals surface area contributed by atoms with Crippen LogP contribution in [0.25, 0.3) is 0 Å². The predicted molar refractivity (Wildman–Crippen MR) is 99.0 cm³/mol. The van der Waals surface area contributed by atoms with Gasteiger partial charge in [-0.3, -0.25) is 4.79 Å². The first-order valence-electron chi connectivity index (χ1n) is 8.59. The summed E-state index contributed by atoms with van der Waals surface area (Å²) in [6.45, 7) is 3.52. The van der Waals surface area contributed by atoms with Gasteiger partial charge in [0.2, 0.25) is 0 Å². The molecule has 2 heterocycles. The van der Waals surface area contributed by atoms with Crippen LogP contribution < -0.4 is 10.2 Å². The Hall–Kier alpha value is -1.36. The molecule has 1 saturated carbocycles. The lowest BCUT2D eigenvalue weighted by Gasteiger charge is -2.32. The topological polar surface area (TPSA) is 33.5 Å². The van der Waals surface area contributed by atoms with Crippen molar-refractivity contribution < 1.29 is 9.69 Å². The highest BCUT2D eigenvalue weighted by molar-refractivity contribution is 7.10. The first-order valence-corrected chi connectivity index (χ1v) is 9.85. The highest BCUT2D eigenvalue weighted by Crippen LogP contribution is 2.42. The van der Waals surface area contributed by atoms with Crippen LogP contribution in [0.15, 0.2) is 29.6 Å². The third-order valence-corrected chi connectivity index (χ3v) is 6.66. The number of halogens is 1. The van der Waals surface area contributed by atoms with Crippen LogP contribution in [0.5, 0.6) is 0 Å². The molecule has 1 aromatic carbocycles. The number of anilines is 1. The third-order valence-electron chi connectivity index (χ3n) is 5.25. The smallest absolute Gasteiger partial charge is 0.279 e. The summed E-state index contributed by atoms with van der Waals surface area (Å²) in [6, 6.07) is 8.43. The van der Waals surface area contributed by atoms with E-state index in [9.17, 15) is 4.79 Å². The van der Waals surface area contributed by atoms with Crippen molar-refractivity contribution in [1.29, 1.82) is 0 Å². The average molecular weight is 362 g/mol. The fourth-order valence-electron chi connectivity index (χ4n) is 3.84. The maximum Gasteiger partial charge on any atom is 0.279 e. The van der Waals surface area contributed by atoms with Crippen LogP contribution >= 0.6 is 22.9 Å². The molecule has 1 aliphatic carbocycles. The second kappa shape index (κ2) is 6.51. The maximum absolute atomic E-state index is 12.6. The van der Waals surface area contributed by atoms with E-state index in [1.54, 1.807) is 0 Å². The number of nitrogens with one attached hydrogen (secondary N) is 2. The standard InChI is InChI=1S/C19H21ClN2OS/c1-12-15(20)3-2-4-16(12)21-18(23)11-22-9-7-17-14(8-10-24-17)19(22)13-5-6-13/h2-4,8,10,13,19H,5-7,9,11H2,1H3,(H,21,23)/p+1/t19-/m1/s1. The molecule has 0 saturated heterocycles. The van der Waals surface area contributed by atoms with Crippen LogP contribution in [-0.4, -0.2) is 19.0 Å². The lowest BCUT2D eigenvalue weighted by atomic mass is 9.96. The quantitative estimate of drug-likeness (QED) is 0.861. The second-order valence-corrected chi connectivity index (χ2v) is 8.32. The third kappa shape index (κ3) is 3.10. The molecule has 0 spiro atoms. The zero-order valence-electron chi connectivity index (χ0n) is 13.8. The zero-order chi connectivity index (χ0) is 16.7. The van der Waals surface area contributed by atoms with Crippen LogP contribution in [0, 0.1) is 12.8 Å². The van der Waals surface area contributed by atoms with Gasteiger partial charge in [0.25, 0.3) is 5.91 Å². The van der Waals surface area contributed by atoms with E-state index >= 15 is 0 Å². The summed E-state index contributed by atoms with van der Waals surface area (Å²) in [5.41, 5.74) is 3.25. The molecule has 5 heteroatoms. The van der Waals surface area contributed by atoms with Crippen LogP contribution in [0.3, 0.4) is 0 Å². The fourth-order valence-corrected chi connectivity index (χ4v) is 4.94. The summed E-state index contributed by atoms with van der Waals surface area (Å²) in [4.78, 5) is 15.6. The number of amides is 1. The van der Waals surface area contributed by atoms with Crippen molar-refractivity contribution in [2.45, 2.75) is 32.2 Å². The number of carbonyl (C=O) groups is 1. The van der Waals surface area contributed by atoms with Gasteiger partial charge in [-0.2, -0.15) is 0 Å². The molecule has 2 aliphatic rings. The number of quaternary nitrogens is 1. The zero-order valence-corrected chi connectivity index (χ0v) is 15.3. The summed E-state index contributed by atoms with van der Waals surface area (Å²) in [5.74, 6) is 0.842. The maximum atomic E-state index is 12.6. The van der Waals surface area contributed by atoms with Gasteiger partial charge in [0.1, 0.15) is 6.04 Å². The molecule has 1 aromatic heterocycles. The molecular weight excluding hydrogens is 340 g/mol. The second-order valence-electron chi connectivity index (χ2n) is 6.91. The Bertz CT molecular complexity index is 768. The largest absolute Gasteiger partial charge is 0.321 e. The van der Waals surface area contributed by atoms with Crippen LogP contribution in [0.4, 0.5) is 5.69 Å². The summed E-state index contributed by atoms with van der Waals surface area (Å²) in [5, 5.41) is 5.95. The first-order chi connectivity index (χ1) is 11.6. The van der Waals surface area contributed by atoms with Gasteiger partial charge in [-0.1, -0.05) is 17.7 Å². The fraction of sp³-hybridized carbons (Fsp3) is 0.421. The van der Waals surface area contributed by atoms with Crippen molar-refractivity contribution in [1.82, 2.24) is 0 Å². The minimum absolute atomic E-state index is 0.0831. The monoisotopic (exact) mass is 361 g/mol. The molecule has 2 N–H and O–H groups in total. The molecule has 1 aliphatic heterocycles. The van der Waals surface area contributed by atoms with Gasteiger partial charge in [-0.15, -0.1) is 11.3 Å². The highest BCUT2D eigenvalue weighted by atomic mass is 35.5. The van der Waals surface area contributed by atoms with Crippen molar-refractivity contribution >= 4 is 34.5 Å². The molecule has 0 bridgehead atoms. The predicted octanol–water partition coefficient (Wildman–Crippen LogP) is 3.24. The Morgan fingerprint density at radius 3 is 3.00 bits per heavy atom. The van der Waals surface area contributed by atoms with Gasteiger partial charge < -0.3 is 10.2 Å². The van der Waals surface area contributed by atoms with E-state index in [1.807, 2.05) is 36.5 Å². The molecule has 4 rings (SSSR count). The van der Waals surface area contributed by atoms with Crippen molar-refractivity contribution in [2.75, 3.05) is 18.4 Å². The molecule has 2 atom stereocenters. The number of carbonyl (C=O) groups excluding carboxylic acids is 1. The summed E-state index contributed by atoms with van der Waals surface area (Å²) in [7, 11) is 0. The van der Waals surface area contributed by atoms with Crippen LogP contribution in [0.1, 0.15) is 34.9 Å². The lowest BCUT2D eigenvalue weighted by Crippen LogP contribution is -3.14. The minimum atomic E-state index is 0.0831. The molecule has 0 radical (unpaired) electrons. The van der Waals surface area contributed by atoms with Gasteiger partial charge in [0.15, 0.2) is 6.54 Å². The summed E-state index contributed by atoms with van der Waals surface area (Å²) >= 11 is 8.02. The van der Waals surface area contributed by atoms with E-state index in [0.29, 0.717) is 17.6 Å². The minimum Gasteiger partial charge on any atom is -0.321 e. The van der Waals surface area contributed by atoms with Gasteiger partial charge in [0.05, 0.1) is 6.54 Å². The van der Waals surface area contributed by atoms with Gasteiger partial charge in [0, 0.05) is 33.5 Å². The normalized spacial score (nSPS) is 22.9. The van der Waals surface area contributed by atoms with Crippen LogP contribution in [0.2, 0.25) is 5.02 Å². The molecular formula is C19H22ClN2OS+. The van der Waals surface area contributed by atoms with Gasteiger partial charge in [-0.05, 0) is 48.9 Å². The number of rotatable bonds is 4. The Morgan fingerprint density at radius 2 is 2.21 bits per heavy atom. The van der Waals surface area contributed by atoms with E-state index in [-0.39, 0.29) is 5.91 Å². The Kier molecular flexibility index (Phi) is 4.37. The Morgan fingerprint density at radius 1 is 1.38 bits per heavy atom. The molecule has 24 heavy (non-hydrogen) atoms. The number of fused-ring (bicyclic) bond motifs is 1. The lowest BCUT2D eigenvalue weighted by molar-refractivity contribution is -0.928. The average Bonchev–Trinajstić information content (AvgIpc) is 3.28. The van der Waals surface area contributed by atoms with Crippen molar-refractivity contribution in [3.05, 3.63) is 50.7 Å². The number of hydrogen-bond donors (Lipinski definition) is 2. The Balaban J connectivity index is 1.48. The van der Waals surface area contributed by atoms with E-state index in [0.717, 1.165) is 30.1 Å². The molecule has 126 valence electrons. The van der Waals surface area contributed by atoms with Gasteiger partial charge >= 0.3 is 0 Å². The molecule has 3 nitrogen and oxygen atoms in total. The highest BCUT2D eigenvalue weighted by Gasteiger charge is 2.43. The summed E-state index contributed by atoms with van der Waals surface area (Å²) < 4.78 is 0. The van der Waals surface area contributed by atoms with E-state index in [4.69, 9.17) is 11.6 Å². The van der Waals surface area contributed by atoms with Gasteiger partial charge in [-0.25, -0.2) is 0 Å². The SMILES string of the molecule is Cc1c(Cl)cccc1NC(=O)C[NH+]1CCc2sccc2[C@H]1C1CC1. The van der Waals surface area contributed by atoms with E-state index in [1.165, 1.54) is 28.2 Å².